The van der Waals surface area contributed by atoms with Crippen LogP contribution in [0.5, 0.6) is 0 Å². The molecule has 1 aliphatic rings. The van der Waals surface area contributed by atoms with E-state index in [0.29, 0.717) is 17.9 Å². The second-order valence-electron chi connectivity index (χ2n) is 6.87. The molecular weight excluding hydrogens is 342 g/mol. The Bertz CT molecular complexity index is 890. The molecule has 2 aromatic carbocycles. The normalized spacial score (nSPS) is 16.3. The largest absolute Gasteiger partial charge is 0.326 e. The summed E-state index contributed by atoms with van der Waals surface area (Å²) < 4.78 is 0. The highest BCUT2D eigenvalue weighted by Gasteiger charge is 2.35. The molecule has 0 saturated carbocycles. The molecular formula is C21H23N3O3. The number of nitrogens with one attached hydrogen (secondary N) is 2. The van der Waals surface area contributed by atoms with Crippen LogP contribution in [0.2, 0.25) is 0 Å². The van der Waals surface area contributed by atoms with E-state index in [4.69, 9.17) is 0 Å². The topological polar surface area (TPSA) is 78.5 Å². The lowest BCUT2D eigenvalue weighted by atomic mass is 10.1. The summed E-state index contributed by atoms with van der Waals surface area (Å²) >= 11 is 0. The SMILES string of the molecule is CC(=O)Nc1ccc(NC(=O)[C@H]2CC(=O)N(c3cccc(C)c3C)C2)cc1. The number of nitrogens with zero attached hydrogens (tertiary/aromatic N) is 1. The zero-order valence-electron chi connectivity index (χ0n) is 15.7. The predicted molar refractivity (Wildman–Crippen MR) is 106 cm³/mol. The van der Waals surface area contributed by atoms with Gasteiger partial charge in [-0.1, -0.05) is 12.1 Å². The van der Waals surface area contributed by atoms with Gasteiger partial charge in [0.1, 0.15) is 0 Å². The van der Waals surface area contributed by atoms with Crippen LogP contribution in [0.15, 0.2) is 42.5 Å². The first-order valence-corrected chi connectivity index (χ1v) is 8.90. The van der Waals surface area contributed by atoms with Gasteiger partial charge in [-0.15, -0.1) is 0 Å². The Morgan fingerprint density at radius 3 is 2.26 bits per heavy atom. The monoisotopic (exact) mass is 365 g/mol. The second-order valence-corrected chi connectivity index (χ2v) is 6.87. The van der Waals surface area contributed by atoms with Crippen LogP contribution in [0.25, 0.3) is 0 Å². The van der Waals surface area contributed by atoms with E-state index >= 15 is 0 Å². The van der Waals surface area contributed by atoms with Crippen molar-refractivity contribution in [2.24, 2.45) is 5.92 Å². The molecule has 1 aliphatic heterocycles. The van der Waals surface area contributed by atoms with Crippen molar-refractivity contribution >= 4 is 34.8 Å². The Balaban J connectivity index is 1.67. The molecule has 0 bridgehead atoms. The number of aryl methyl sites for hydroxylation is 1. The summed E-state index contributed by atoms with van der Waals surface area (Å²) in [6.07, 6.45) is 0.198. The van der Waals surface area contributed by atoms with Gasteiger partial charge in [0, 0.05) is 37.0 Å². The first kappa shape index (κ1) is 18.6. The lowest BCUT2D eigenvalue weighted by Crippen LogP contribution is -2.28. The quantitative estimate of drug-likeness (QED) is 0.873. The molecule has 1 atom stereocenters. The third kappa shape index (κ3) is 4.16. The van der Waals surface area contributed by atoms with E-state index in [1.807, 2.05) is 32.0 Å². The molecule has 1 fully saturated rings. The van der Waals surface area contributed by atoms with Crippen molar-refractivity contribution in [1.82, 2.24) is 0 Å². The van der Waals surface area contributed by atoms with E-state index in [-0.39, 0.29) is 24.1 Å². The number of benzene rings is 2. The van der Waals surface area contributed by atoms with E-state index in [1.54, 1.807) is 29.2 Å². The minimum atomic E-state index is -0.396. The number of hydrogen-bond acceptors (Lipinski definition) is 3. The molecule has 27 heavy (non-hydrogen) atoms. The molecule has 0 unspecified atom stereocenters. The first-order valence-electron chi connectivity index (χ1n) is 8.90. The third-order valence-electron chi connectivity index (χ3n) is 4.84. The number of carbonyl (C=O) groups excluding carboxylic acids is 3. The average Bonchev–Trinajstić information content (AvgIpc) is 3.00. The van der Waals surface area contributed by atoms with Crippen LogP contribution in [0, 0.1) is 19.8 Å². The number of amides is 3. The Kier molecular flexibility index (Phi) is 5.26. The molecule has 2 aromatic rings. The van der Waals surface area contributed by atoms with Crippen molar-refractivity contribution in [1.29, 1.82) is 0 Å². The van der Waals surface area contributed by atoms with Gasteiger partial charge in [0.05, 0.1) is 5.92 Å². The predicted octanol–water partition coefficient (Wildman–Crippen LogP) is 3.25. The molecule has 0 aliphatic carbocycles. The van der Waals surface area contributed by atoms with E-state index in [0.717, 1.165) is 16.8 Å². The van der Waals surface area contributed by atoms with Gasteiger partial charge in [-0.05, 0) is 55.3 Å². The highest BCUT2D eigenvalue weighted by molar-refractivity contribution is 6.04. The number of rotatable bonds is 4. The Labute approximate surface area is 158 Å². The van der Waals surface area contributed by atoms with E-state index in [9.17, 15) is 14.4 Å². The van der Waals surface area contributed by atoms with E-state index < -0.39 is 5.92 Å². The van der Waals surface area contributed by atoms with Crippen molar-refractivity contribution in [3.8, 4) is 0 Å². The fraction of sp³-hybridized carbons (Fsp3) is 0.286. The van der Waals surface area contributed by atoms with Crippen molar-refractivity contribution in [2.45, 2.75) is 27.2 Å². The molecule has 3 amide bonds. The molecule has 1 saturated heterocycles. The van der Waals surface area contributed by atoms with Crippen LogP contribution >= 0.6 is 0 Å². The first-order chi connectivity index (χ1) is 12.8. The van der Waals surface area contributed by atoms with Gasteiger partial charge in [-0.3, -0.25) is 14.4 Å². The summed E-state index contributed by atoms with van der Waals surface area (Å²) in [6, 6.07) is 12.7. The molecule has 2 N–H and O–H groups in total. The molecule has 6 nitrogen and oxygen atoms in total. The number of carbonyl (C=O) groups is 3. The highest BCUT2D eigenvalue weighted by atomic mass is 16.2. The fourth-order valence-corrected chi connectivity index (χ4v) is 3.23. The van der Waals surface area contributed by atoms with Crippen LogP contribution in [0.3, 0.4) is 0 Å². The van der Waals surface area contributed by atoms with Crippen LogP contribution in [-0.2, 0) is 14.4 Å². The molecule has 3 rings (SSSR count). The van der Waals surface area contributed by atoms with Crippen molar-refractivity contribution < 1.29 is 14.4 Å². The van der Waals surface area contributed by atoms with Gasteiger partial charge in [0.2, 0.25) is 17.7 Å². The van der Waals surface area contributed by atoms with Gasteiger partial charge < -0.3 is 15.5 Å². The van der Waals surface area contributed by atoms with E-state index in [2.05, 4.69) is 10.6 Å². The maximum Gasteiger partial charge on any atom is 0.229 e. The smallest absolute Gasteiger partial charge is 0.229 e. The highest BCUT2D eigenvalue weighted by Crippen LogP contribution is 2.30. The minimum Gasteiger partial charge on any atom is -0.326 e. The second kappa shape index (κ2) is 7.61. The standard InChI is InChI=1S/C21H23N3O3/c1-13-5-4-6-19(14(13)2)24-12-16(11-20(24)26)21(27)23-18-9-7-17(8-10-18)22-15(3)25/h4-10,16H,11-12H2,1-3H3,(H,22,25)(H,23,27)/t16-/m0/s1. The van der Waals surface area contributed by atoms with Gasteiger partial charge >= 0.3 is 0 Å². The Morgan fingerprint density at radius 2 is 1.63 bits per heavy atom. The minimum absolute atomic E-state index is 0.0372. The lowest BCUT2D eigenvalue weighted by molar-refractivity contribution is -0.122. The Morgan fingerprint density at radius 1 is 1.00 bits per heavy atom. The van der Waals surface area contributed by atoms with Crippen LogP contribution in [0.4, 0.5) is 17.1 Å². The molecule has 0 radical (unpaired) electrons. The maximum absolute atomic E-state index is 12.6. The number of anilines is 3. The summed E-state index contributed by atoms with van der Waals surface area (Å²) in [7, 11) is 0. The fourth-order valence-electron chi connectivity index (χ4n) is 3.23. The zero-order chi connectivity index (χ0) is 19.6. The Hall–Kier alpha value is -3.15. The number of hydrogen-bond donors (Lipinski definition) is 2. The van der Waals surface area contributed by atoms with Gasteiger partial charge in [-0.25, -0.2) is 0 Å². The molecule has 140 valence electrons. The molecule has 1 heterocycles. The molecule has 0 aromatic heterocycles. The summed E-state index contributed by atoms with van der Waals surface area (Å²) in [5.41, 5.74) is 4.34. The summed E-state index contributed by atoms with van der Waals surface area (Å²) in [5.74, 6) is -0.761. The van der Waals surface area contributed by atoms with E-state index in [1.165, 1.54) is 6.92 Å². The van der Waals surface area contributed by atoms with Gasteiger partial charge in [0.15, 0.2) is 0 Å². The van der Waals surface area contributed by atoms with Crippen LogP contribution < -0.4 is 15.5 Å². The van der Waals surface area contributed by atoms with Gasteiger partial charge in [0.25, 0.3) is 0 Å². The zero-order valence-corrected chi connectivity index (χ0v) is 15.7. The van der Waals surface area contributed by atoms with Crippen molar-refractivity contribution in [3.63, 3.8) is 0 Å². The molecule has 6 heteroatoms. The van der Waals surface area contributed by atoms with Crippen LogP contribution in [-0.4, -0.2) is 24.3 Å². The maximum atomic E-state index is 12.6. The lowest BCUT2D eigenvalue weighted by Gasteiger charge is -2.20. The van der Waals surface area contributed by atoms with Gasteiger partial charge in [-0.2, -0.15) is 0 Å². The van der Waals surface area contributed by atoms with Crippen molar-refractivity contribution in [3.05, 3.63) is 53.6 Å². The average molecular weight is 365 g/mol. The van der Waals surface area contributed by atoms with Crippen molar-refractivity contribution in [2.75, 3.05) is 22.1 Å². The third-order valence-corrected chi connectivity index (χ3v) is 4.84. The summed E-state index contributed by atoms with van der Waals surface area (Å²) in [6.45, 7) is 5.81. The summed E-state index contributed by atoms with van der Waals surface area (Å²) in [5, 5.41) is 5.53. The molecule has 0 spiro atoms. The summed E-state index contributed by atoms with van der Waals surface area (Å²) in [4.78, 5) is 37.8. The van der Waals surface area contributed by atoms with Crippen LogP contribution in [0.1, 0.15) is 24.5 Å².